The summed E-state index contributed by atoms with van der Waals surface area (Å²) >= 11 is 0. The van der Waals surface area contributed by atoms with Gasteiger partial charge in [0.05, 0.1) is 0 Å². The molecule has 0 atom stereocenters. The molecular weight excluding hydrogens is 142 g/mol. The molecule has 0 aromatic carbocycles. The molecule has 4 nitrogen and oxygen atoms in total. The molecule has 0 spiro atoms. The molecule has 0 aliphatic carbocycles. The van der Waals surface area contributed by atoms with Gasteiger partial charge in [-0.05, 0) is 13.3 Å². The van der Waals surface area contributed by atoms with E-state index in [0.29, 0.717) is 12.2 Å². The van der Waals surface area contributed by atoms with E-state index in [1.54, 1.807) is 11.5 Å². The monoisotopic (exact) mass is 151 g/mol. The molecule has 0 radical (unpaired) electrons. The Hall–Kier alpha value is -1.19. The van der Waals surface area contributed by atoms with Crippen molar-refractivity contribution in [3.05, 3.63) is 11.6 Å². The molecule has 58 valence electrons. The molecule has 0 amide bonds. The SMILES string of the molecule is Cc1nnc2n1C(=O)CCC2. The van der Waals surface area contributed by atoms with Crippen molar-refractivity contribution in [3.63, 3.8) is 0 Å². The molecule has 0 N–H and O–H groups in total. The summed E-state index contributed by atoms with van der Waals surface area (Å²) < 4.78 is 1.61. The second-order valence-electron chi connectivity index (χ2n) is 2.75. The number of carbonyl (C=O) groups excluding carboxylic acids is 1. The van der Waals surface area contributed by atoms with Gasteiger partial charge in [-0.15, -0.1) is 10.2 Å². The predicted octanol–water partition coefficient (Wildman–Crippen LogP) is 0.563. The first-order chi connectivity index (χ1) is 5.29. The van der Waals surface area contributed by atoms with Crippen LogP contribution in [0.3, 0.4) is 0 Å². The smallest absolute Gasteiger partial charge is 0.233 e. The van der Waals surface area contributed by atoms with Crippen molar-refractivity contribution in [1.82, 2.24) is 14.8 Å². The van der Waals surface area contributed by atoms with E-state index in [1.165, 1.54) is 0 Å². The van der Waals surface area contributed by atoms with Gasteiger partial charge in [-0.2, -0.15) is 0 Å². The van der Waals surface area contributed by atoms with Crippen LogP contribution in [-0.4, -0.2) is 20.7 Å². The van der Waals surface area contributed by atoms with E-state index in [4.69, 9.17) is 0 Å². The Morgan fingerprint density at radius 2 is 2.18 bits per heavy atom. The van der Waals surface area contributed by atoms with E-state index in [1.807, 2.05) is 0 Å². The highest BCUT2D eigenvalue weighted by atomic mass is 16.2. The summed E-state index contributed by atoms with van der Waals surface area (Å²) in [7, 11) is 0. The average molecular weight is 151 g/mol. The van der Waals surface area contributed by atoms with Crippen molar-refractivity contribution in [1.29, 1.82) is 0 Å². The van der Waals surface area contributed by atoms with E-state index in [9.17, 15) is 4.79 Å². The van der Waals surface area contributed by atoms with Gasteiger partial charge in [0.25, 0.3) is 0 Å². The molecule has 4 heteroatoms. The van der Waals surface area contributed by atoms with Crippen molar-refractivity contribution in [2.45, 2.75) is 26.2 Å². The van der Waals surface area contributed by atoms with Gasteiger partial charge in [0.1, 0.15) is 11.6 Å². The van der Waals surface area contributed by atoms with Crippen molar-refractivity contribution in [2.24, 2.45) is 0 Å². The number of aryl methyl sites for hydroxylation is 2. The molecule has 1 aromatic heterocycles. The zero-order valence-corrected chi connectivity index (χ0v) is 6.37. The number of fused-ring (bicyclic) bond motifs is 1. The third kappa shape index (κ3) is 0.859. The Bertz CT molecular complexity index is 303. The van der Waals surface area contributed by atoms with Crippen LogP contribution in [0.2, 0.25) is 0 Å². The minimum Gasteiger partial charge on any atom is -0.274 e. The van der Waals surface area contributed by atoms with Crippen LogP contribution < -0.4 is 0 Å². The Balaban J connectivity index is 2.56. The van der Waals surface area contributed by atoms with E-state index < -0.39 is 0 Å². The van der Waals surface area contributed by atoms with Crippen molar-refractivity contribution in [3.8, 4) is 0 Å². The first-order valence-electron chi connectivity index (χ1n) is 3.73. The summed E-state index contributed by atoms with van der Waals surface area (Å²) in [6.45, 7) is 1.81. The molecule has 0 saturated heterocycles. The van der Waals surface area contributed by atoms with Gasteiger partial charge in [0.15, 0.2) is 0 Å². The zero-order valence-electron chi connectivity index (χ0n) is 6.37. The van der Waals surface area contributed by atoms with Crippen molar-refractivity contribution in [2.75, 3.05) is 0 Å². The van der Waals surface area contributed by atoms with Gasteiger partial charge in [-0.25, -0.2) is 0 Å². The standard InChI is InChI=1S/C7H9N3O/c1-5-8-9-6-3-2-4-7(11)10(5)6/h2-4H2,1H3. The molecule has 0 unspecified atom stereocenters. The summed E-state index contributed by atoms with van der Waals surface area (Å²) in [5.74, 6) is 1.66. The van der Waals surface area contributed by atoms with E-state index in [0.717, 1.165) is 18.7 Å². The third-order valence-corrected chi connectivity index (χ3v) is 1.93. The minimum absolute atomic E-state index is 0.133. The highest BCUT2D eigenvalue weighted by Crippen LogP contribution is 2.13. The number of aromatic nitrogens is 3. The van der Waals surface area contributed by atoms with Crippen LogP contribution in [0.5, 0.6) is 0 Å². The second kappa shape index (κ2) is 2.15. The fraction of sp³-hybridized carbons (Fsp3) is 0.571. The van der Waals surface area contributed by atoms with Gasteiger partial charge >= 0.3 is 0 Å². The lowest BCUT2D eigenvalue weighted by Gasteiger charge is -2.11. The number of hydrogen-bond donors (Lipinski definition) is 0. The number of rotatable bonds is 0. The lowest BCUT2D eigenvalue weighted by atomic mass is 10.1. The molecule has 0 fully saturated rings. The lowest BCUT2D eigenvalue weighted by Crippen LogP contribution is -2.20. The summed E-state index contributed by atoms with van der Waals surface area (Å²) in [4.78, 5) is 11.3. The van der Waals surface area contributed by atoms with Crippen LogP contribution in [0.15, 0.2) is 0 Å². The normalized spacial score (nSPS) is 16.6. The Labute approximate surface area is 64.2 Å². The largest absolute Gasteiger partial charge is 0.274 e. The van der Waals surface area contributed by atoms with Crippen LogP contribution in [0.1, 0.15) is 29.3 Å². The van der Waals surface area contributed by atoms with Gasteiger partial charge in [0.2, 0.25) is 5.91 Å². The molecule has 1 aliphatic rings. The maximum Gasteiger partial charge on any atom is 0.233 e. The Kier molecular flexibility index (Phi) is 1.27. The fourth-order valence-electron chi connectivity index (χ4n) is 1.40. The Morgan fingerprint density at radius 1 is 1.36 bits per heavy atom. The maximum atomic E-state index is 11.3. The quantitative estimate of drug-likeness (QED) is 0.544. The van der Waals surface area contributed by atoms with Crippen LogP contribution in [0, 0.1) is 6.92 Å². The summed E-state index contributed by atoms with van der Waals surface area (Å²) in [5, 5.41) is 7.74. The van der Waals surface area contributed by atoms with Crippen LogP contribution >= 0.6 is 0 Å². The highest BCUT2D eigenvalue weighted by Gasteiger charge is 2.19. The van der Waals surface area contributed by atoms with Gasteiger partial charge in [-0.1, -0.05) is 0 Å². The van der Waals surface area contributed by atoms with E-state index in [-0.39, 0.29) is 5.91 Å². The first-order valence-corrected chi connectivity index (χ1v) is 3.73. The van der Waals surface area contributed by atoms with Gasteiger partial charge < -0.3 is 0 Å². The maximum absolute atomic E-state index is 11.3. The van der Waals surface area contributed by atoms with Crippen LogP contribution in [-0.2, 0) is 6.42 Å². The molecule has 1 aliphatic heterocycles. The van der Waals surface area contributed by atoms with E-state index >= 15 is 0 Å². The Morgan fingerprint density at radius 3 is 2.91 bits per heavy atom. The fourth-order valence-corrected chi connectivity index (χ4v) is 1.40. The molecule has 11 heavy (non-hydrogen) atoms. The molecule has 2 rings (SSSR count). The topological polar surface area (TPSA) is 47.8 Å². The zero-order chi connectivity index (χ0) is 7.84. The highest BCUT2D eigenvalue weighted by molar-refractivity contribution is 5.80. The summed E-state index contributed by atoms with van der Waals surface area (Å²) in [6, 6.07) is 0. The second-order valence-corrected chi connectivity index (χ2v) is 2.75. The molecular formula is C7H9N3O. The predicted molar refractivity (Wildman–Crippen MR) is 38.3 cm³/mol. The van der Waals surface area contributed by atoms with Gasteiger partial charge in [-0.3, -0.25) is 9.36 Å². The number of nitrogens with zero attached hydrogens (tertiary/aromatic N) is 3. The summed E-state index contributed by atoms with van der Waals surface area (Å²) in [5.41, 5.74) is 0. The van der Waals surface area contributed by atoms with Crippen molar-refractivity contribution >= 4 is 5.91 Å². The van der Waals surface area contributed by atoms with Gasteiger partial charge in [0, 0.05) is 12.8 Å². The average Bonchev–Trinajstić information content (AvgIpc) is 2.34. The molecule has 0 bridgehead atoms. The molecule has 1 aromatic rings. The van der Waals surface area contributed by atoms with Crippen LogP contribution in [0.4, 0.5) is 0 Å². The third-order valence-electron chi connectivity index (χ3n) is 1.93. The van der Waals surface area contributed by atoms with E-state index in [2.05, 4.69) is 10.2 Å². The first kappa shape index (κ1) is 6.52. The molecule has 2 heterocycles. The lowest BCUT2D eigenvalue weighted by molar-refractivity contribution is 0.0880. The number of hydrogen-bond acceptors (Lipinski definition) is 3. The summed E-state index contributed by atoms with van der Waals surface area (Å²) in [6.07, 6.45) is 2.43. The van der Waals surface area contributed by atoms with Crippen LogP contribution in [0.25, 0.3) is 0 Å². The number of carbonyl (C=O) groups is 1. The minimum atomic E-state index is 0.133. The molecule has 0 saturated carbocycles. The van der Waals surface area contributed by atoms with Crippen molar-refractivity contribution < 1.29 is 4.79 Å².